The Morgan fingerprint density at radius 2 is 2.09 bits per heavy atom. The average Bonchev–Trinajstić information content (AvgIpc) is 3.06. The number of rotatable bonds is 4. The molecule has 0 bridgehead atoms. The van der Waals surface area contributed by atoms with Crippen molar-refractivity contribution in [2.75, 3.05) is 18.5 Å². The third kappa shape index (κ3) is 2.86. The highest BCUT2D eigenvalue weighted by atomic mass is 32.2. The molecule has 1 aromatic carbocycles. The molecule has 1 aliphatic heterocycles. The van der Waals surface area contributed by atoms with Gasteiger partial charge in [-0.15, -0.1) is 0 Å². The summed E-state index contributed by atoms with van der Waals surface area (Å²) < 4.78 is 4.08. The Bertz CT molecular complexity index is 729. The molecule has 1 aromatic heterocycles. The summed E-state index contributed by atoms with van der Waals surface area (Å²) in [6, 6.07) is 11.3. The van der Waals surface area contributed by atoms with Gasteiger partial charge in [0.1, 0.15) is 5.76 Å². The quantitative estimate of drug-likeness (QED) is 0.875. The minimum Gasteiger partial charge on any atom is -0.469 e. The van der Waals surface area contributed by atoms with Crippen LogP contribution in [0, 0.1) is 0 Å². The Morgan fingerprint density at radius 3 is 2.83 bits per heavy atom. The zero-order chi connectivity index (χ0) is 16.4. The molecule has 2 heterocycles. The fourth-order valence-corrected chi connectivity index (χ4v) is 3.86. The summed E-state index contributed by atoms with van der Waals surface area (Å²) in [7, 11) is 1.70. The van der Waals surface area contributed by atoms with E-state index in [1.54, 1.807) is 25.1 Å². The molecule has 120 valence electrons. The van der Waals surface area contributed by atoms with E-state index in [4.69, 9.17) is 4.42 Å². The van der Waals surface area contributed by atoms with Gasteiger partial charge in [0, 0.05) is 24.9 Å². The summed E-state index contributed by atoms with van der Waals surface area (Å²) in [6.45, 7) is 2.11. The van der Waals surface area contributed by atoms with Crippen LogP contribution in [0.3, 0.4) is 0 Å². The van der Waals surface area contributed by atoms with Gasteiger partial charge in [-0.25, -0.2) is 0 Å². The number of fused-ring (bicyclic) bond motifs is 1. The number of para-hydroxylation sites is 1. The highest BCUT2D eigenvalue weighted by Gasteiger charge is 2.48. The Kier molecular flexibility index (Phi) is 4.17. The Labute approximate surface area is 139 Å². The second kappa shape index (κ2) is 6.12. The molecule has 23 heavy (non-hydrogen) atoms. The van der Waals surface area contributed by atoms with Crippen molar-refractivity contribution in [2.24, 2.45) is 0 Å². The third-order valence-corrected chi connectivity index (χ3v) is 5.26. The summed E-state index contributed by atoms with van der Waals surface area (Å²) in [6.07, 6.45) is 2.20. The molecule has 0 fully saturated rings. The standard InChI is InChI=1S/C17H18N2O3S/c1-17(15(20)18-10-9-12-6-5-11-22-12)16(21)19(2)13-7-3-4-8-14(13)23-17/h3-8,11H,9-10H2,1-2H3,(H,18,20). The number of hydrogen-bond acceptors (Lipinski definition) is 4. The predicted octanol–water partition coefficient (Wildman–Crippen LogP) is 2.47. The highest BCUT2D eigenvalue weighted by molar-refractivity contribution is 8.02. The number of thioether (sulfide) groups is 1. The van der Waals surface area contributed by atoms with E-state index in [-0.39, 0.29) is 11.8 Å². The van der Waals surface area contributed by atoms with Crippen LogP contribution >= 0.6 is 11.8 Å². The fourth-order valence-electron chi connectivity index (χ4n) is 2.58. The van der Waals surface area contributed by atoms with Crippen molar-refractivity contribution < 1.29 is 14.0 Å². The predicted molar refractivity (Wildman–Crippen MR) is 89.5 cm³/mol. The minimum atomic E-state index is -1.16. The van der Waals surface area contributed by atoms with Gasteiger partial charge in [0.05, 0.1) is 12.0 Å². The molecule has 1 N–H and O–H groups in total. The molecular formula is C17H18N2O3S. The number of nitrogens with one attached hydrogen (secondary N) is 1. The highest BCUT2D eigenvalue weighted by Crippen LogP contribution is 2.44. The molecule has 3 rings (SSSR count). The van der Waals surface area contributed by atoms with E-state index in [0.29, 0.717) is 13.0 Å². The normalized spacial score (nSPS) is 20.3. The first kappa shape index (κ1) is 15.7. The number of furan rings is 1. The van der Waals surface area contributed by atoms with E-state index in [9.17, 15) is 9.59 Å². The summed E-state index contributed by atoms with van der Waals surface area (Å²) in [5.41, 5.74) is 0.836. The van der Waals surface area contributed by atoms with Gasteiger partial charge in [0.25, 0.3) is 5.91 Å². The Hall–Kier alpha value is -2.21. The lowest BCUT2D eigenvalue weighted by molar-refractivity contribution is -0.131. The first-order chi connectivity index (χ1) is 11.0. The monoisotopic (exact) mass is 330 g/mol. The molecule has 1 atom stereocenters. The Balaban J connectivity index is 1.73. The van der Waals surface area contributed by atoms with Crippen molar-refractivity contribution in [3.8, 4) is 0 Å². The zero-order valence-electron chi connectivity index (χ0n) is 13.0. The number of anilines is 1. The lowest BCUT2D eigenvalue weighted by Crippen LogP contribution is -2.55. The van der Waals surface area contributed by atoms with Crippen molar-refractivity contribution in [3.63, 3.8) is 0 Å². The van der Waals surface area contributed by atoms with E-state index >= 15 is 0 Å². The SMILES string of the molecule is CN1C(=O)C(C)(C(=O)NCCc2ccco2)Sc2ccccc21. The van der Waals surface area contributed by atoms with Gasteiger partial charge in [-0.05, 0) is 31.2 Å². The topological polar surface area (TPSA) is 62.6 Å². The zero-order valence-corrected chi connectivity index (χ0v) is 13.9. The summed E-state index contributed by atoms with van der Waals surface area (Å²) >= 11 is 1.30. The van der Waals surface area contributed by atoms with Crippen LogP contribution in [-0.2, 0) is 16.0 Å². The number of carbonyl (C=O) groups excluding carboxylic acids is 2. The molecule has 2 amide bonds. The molecular weight excluding hydrogens is 312 g/mol. The second-order valence-corrected chi connectivity index (χ2v) is 7.01. The smallest absolute Gasteiger partial charge is 0.252 e. The maximum Gasteiger partial charge on any atom is 0.252 e. The molecule has 0 saturated heterocycles. The molecule has 0 aliphatic carbocycles. The van der Waals surface area contributed by atoms with Crippen molar-refractivity contribution in [3.05, 3.63) is 48.4 Å². The van der Waals surface area contributed by atoms with Crippen LogP contribution < -0.4 is 10.2 Å². The first-order valence-corrected chi connectivity index (χ1v) is 8.21. The molecule has 1 aliphatic rings. The summed E-state index contributed by atoms with van der Waals surface area (Å²) in [5.74, 6) is 0.317. The largest absolute Gasteiger partial charge is 0.469 e. The number of hydrogen-bond donors (Lipinski definition) is 1. The second-order valence-electron chi connectivity index (χ2n) is 5.55. The van der Waals surface area contributed by atoms with Gasteiger partial charge < -0.3 is 14.6 Å². The summed E-state index contributed by atoms with van der Waals surface area (Å²) in [5, 5.41) is 2.85. The van der Waals surface area contributed by atoms with Gasteiger partial charge in [0.15, 0.2) is 4.75 Å². The van der Waals surface area contributed by atoms with E-state index in [1.165, 1.54) is 11.8 Å². The minimum absolute atomic E-state index is 0.211. The number of benzene rings is 1. The van der Waals surface area contributed by atoms with Gasteiger partial charge in [0.2, 0.25) is 5.91 Å². The average molecular weight is 330 g/mol. The first-order valence-electron chi connectivity index (χ1n) is 7.39. The summed E-state index contributed by atoms with van der Waals surface area (Å²) in [4.78, 5) is 27.8. The molecule has 0 radical (unpaired) electrons. The maximum absolute atomic E-state index is 12.7. The number of nitrogens with zero attached hydrogens (tertiary/aromatic N) is 1. The van der Waals surface area contributed by atoms with E-state index in [0.717, 1.165) is 16.3 Å². The van der Waals surface area contributed by atoms with Crippen molar-refractivity contribution >= 4 is 29.3 Å². The van der Waals surface area contributed by atoms with E-state index in [2.05, 4.69) is 5.32 Å². The molecule has 2 aromatic rings. The molecule has 0 spiro atoms. The van der Waals surface area contributed by atoms with Gasteiger partial charge in [-0.2, -0.15) is 0 Å². The number of carbonyl (C=O) groups is 2. The molecule has 1 unspecified atom stereocenters. The molecule has 0 saturated carbocycles. The molecule has 5 nitrogen and oxygen atoms in total. The van der Waals surface area contributed by atoms with E-state index < -0.39 is 4.75 Å². The third-order valence-electron chi connectivity index (χ3n) is 3.92. The van der Waals surface area contributed by atoms with Crippen molar-refractivity contribution in [2.45, 2.75) is 23.0 Å². The van der Waals surface area contributed by atoms with Crippen LogP contribution in [0.1, 0.15) is 12.7 Å². The van der Waals surface area contributed by atoms with Crippen molar-refractivity contribution in [1.29, 1.82) is 0 Å². The fraction of sp³-hybridized carbons (Fsp3) is 0.294. The van der Waals surface area contributed by atoms with Crippen LogP contribution in [0.5, 0.6) is 0 Å². The lowest BCUT2D eigenvalue weighted by Gasteiger charge is -2.36. The van der Waals surface area contributed by atoms with Crippen LogP contribution in [-0.4, -0.2) is 30.2 Å². The van der Waals surface area contributed by atoms with E-state index in [1.807, 2.05) is 36.4 Å². The molecule has 6 heteroatoms. The van der Waals surface area contributed by atoms with Crippen molar-refractivity contribution in [1.82, 2.24) is 5.32 Å². The lowest BCUT2D eigenvalue weighted by atomic mass is 10.1. The van der Waals surface area contributed by atoms with Crippen LogP contribution in [0.25, 0.3) is 0 Å². The van der Waals surface area contributed by atoms with Crippen LogP contribution in [0.15, 0.2) is 52.0 Å². The van der Waals surface area contributed by atoms with Gasteiger partial charge in [-0.1, -0.05) is 23.9 Å². The van der Waals surface area contributed by atoms with Gasteiger partial charge in [-0.3, -0.25) is 9.59 Å². The maximum atomic E-state index is 12.7. The number of amides is 2. The Morgan fingerprint density at radius 1 is 1.30 bits per heavy atom. The van der Waals surface area contributed by atoms with Gasteiger partial charge >= 0.3 is 0 Å². The van der Waals surface area contributed by atoms with Crippen LogP contribution in [0.4, 0.5) is 5.69 Å². The van der Waals surface area contributed by atoms with Crippen LogP contribution in [0.2, 0.25) is 0 Å².